The summed E-state index contributed by atoms with van der Waals surface area (Å²) in [6.45, 7) is 3.71. The Morgan fingerprint density at radius 3 is 2.29 bits per heavy atom. The second-order valence-corrected chi connectivity index (χ2v) is 5.19. The zero-order valence-corrected chi connectivity index (χ0v) is 10.1. The molecule has 2 rings (SSSR count). The Morgan fingerprint density at radius 1 is 1.41 bits per heavy atom. The summed E-state index contributed by atoms with van der Waals surface area (Å²) in [7, 11) is 1.22. The van der Waals surface area contributed by atoms with Crippen molar-refractivity contribution in [3.05, 3.63) is 0 Å². The summed E-state index contributed by atoms with van der Waals surface area (Å²) in [4.78, 5) is 36.1. The van der Waals surface area contributed by atoms with E-state index in [1.54, 1.807) is 0 Å². The molecule has 0 aromatic heterocycles. The summed E-state index contributed by atoms with van der Waals surface area (Å²) in [5.74, 6) is -1.53. The van der Waals surface area contributed by atoms with Crippen LogP contribution in [-0.4, -0.2) is 42.4 Å². The largest absolute Gasteiger partial charge is 0.468 e. The molecule has 1 saturated carbocycles. The number of fused-ring (bicyclic) bond motifs is 1. The van der Waals surface area contributed by atoms with Crippen LogP contribution in [-0.2, 0) is 19.1 Å². The van der Waals surface area contributed by atoms with Crippen LogP contribution in [0.15, 0.2) is 0 Å². The molecule has 0 bridgehead atoms. The minimum absolute atomic E-state index is 0.0899. The average molecular weight is 240 g/mol. The zero-order valence-electron chi connectivity index (χ0n) is 10.1. The second kappa shape index (κ2) is 3.53. The highest BCUT2D eigenvalue weighted by molar-refractivity contribution is 6.10. The molecule has 94 valence electrons. The Balaban J connectivity index is 2.04. The molecule has 1 saturated heterocycles. The van der Waals surface area contributed by atoms with Crippen LogP contribution < -0.4 is 5.73 Å². The maximum absolute atomic E-state index is 11.9. The van der Waals surface area contributed by atoms with Gasteiger partial charge < -0.3 is 10.5 Å². The molecule has 1 heterocycles. The highest BCUT2D eigenvalue weighted by Gasteiger charge is 2.72. The van der Waals surface area contributed by atoms with Crippen LogP contribution in [0, 0.1) is 17.3 Å². The molecule has 0 aromatic rings. The first-order chi connectivity index (χ1) is 7.82. The third-order valence-electron chi connectivity index (χ3n) is 3.77. The van der Waals surface area contributed by atoms with Crippen LogP contribution in [0.5, 0.6) is 0 Å². The van der Waals surface area contributed by atoms with E-state index < -0.39 is 12.0 Å². The average Bonchev–Trinajstić information content (AvgIpc) is 2.74. The van der Waals surface area contributed by atoms with Gasteiger partial charge in [0, 0.05) is 0 Å². The standard InChI is InChI=1S/C11H16N2O4/c1-11(2)6-7(11)9(15)13(8(6)14)4-5(12)10(16)17-3/h5-7H,4,12H2,1-3H3. The quantitative estimate of drug-likeness (QED) is 0.511. The Labute approximate surface area is 99.1 Å². The number of esters is 1. The number of rotatable bonds is 3. The van der Waals surface area contributed by atoms with Gasteiger partial charge in [0.25, 0.3) is 0 Å². The van der Waals surface area contributed by atoms with Crippen molar-refractivity contribution in [1.82, 2.24) is 4.90 Å². The van der Waals surface area contributed by atoms with Gasteiger partial charge in [-0.2, -0.15) is 0 Å². The molecular formula is C11H16N2O4. The van der Waals surface area contributed by atoms with Gasteiger partial charge >= 0.3 is 5.97 Å². The van der Waals surface area contributed by atoms with Gasteiger partial charge in [-0.05, 0) is 5.41 Å². The van der Waals surface area contributed by atoms with E-state index in [-0.39, 0.29) is 35.6 Å². The Hall–Kier alpha value is -1.43. The van der Waals surface area contributed by atoms with Crippen LogP contribution in [0.1, 0.15) is 13.8 Å². The highest BCUT2D eigenvalue weighted by Crippen LogP contribution is 2.63. The molecule has 0 radical (unpaired) electrons. The van der Waals surface area contributed by atoms with Crippen molar-refractivity contribution in [2.24, 2.45) is 23.0 Å². The number of nitrogens with zero attached hydrogens (tertiary/aromatic N) is 1. The number of carbonyl (C=O) groups excluding carboxylic acids is 3. The molecule has 1 aliphatic heterocycles. The number of carbonyl (C=O) groups is 3. The fourth-order valence-electron chi connectivity index (χ4n) is 2.61. The first-order valence-corrected chi connectivity index (χ1v) is 5.51. The number of likely N-dealkylation sites (tertiary alicyclic amines) is 1. The lowest BCUT2D eigenvalue weighted by molar-refractivity contribution is -0.146. The molecule has 2 N–H and O–H groups in total. The molecule has 2 amide bonds. The van der Waals surface area contributed by atoms with Gasteiger partial charge in [-0.15, -0.1) is 0 Å². The lowest BCUT2D eigenvalue weighted by atomic mass is 10.1. The summed E-state index contributed by atoms with van der Waals surface area (Å²) >= 11 is 0. The Kier molecular flexibility index (Phi) is 2.50. The molecule has 3 unspecified atom stereocenters. The maximum Gasteiger partial charge on any atom is 0.324 e. The van der Waals surface area contributed by atoms with Crippen LogP contribution >= 0.6 is 0 Å². The predicted octanol–water partition coefficient (Wildman–Crippen LogP) is -0.872. The van der Waals surface area contributed by atoms with Gasteiger partial charge in [-0.1, -0.05) is 13.8 Å². The van der Waals surface area contributed by atoms with Crippen LogP contribution in [0.2, 0.25) is 0 Å². The molecule has 17 heavy (non-hydrogen) atoms. The van der Waals surface area contributed by atoms with Crippen molar-refractivity contribution in [3.63, 3.8) is 0 Å². The number of ether oxygens (including phenoxy) is 1. The minimum Gasteiger partial charge on any atom is -0.468 e. The monoisotopic (exact) mass is 240 g/mol. The molecule has 6 heteroatoms. The second-order valence-electron chi connectivity index (χ2n) is 5.19. The van der Waals surface area contributed by atoms with E-state index in [0.717, 1.165) is 4.90 Å². The molecule has 1 aliphatic carbocycles. The van der Waals surface area contributed by atoms with Crippen LogP contribution in [0.4, 0.5) is 0 Å². The molecule has 6 nitrogen and oxygen atoms in total. The molecule has 2 fully saturated rings. The fraction of sp³-hybridized carbons (Fsp3) is 0.727. The number of nitrogens with two attached hydrogens (primary N) is 1. The molecule has 0 aromatic carbocycles. The first kappa shape index (κ1) is 12.0. The molecular weight excluding hydrogens is 224 g/mol. The number of hydrogen-bond donors (Lipinski definition) is 1. The minimum atomic E-state index is -0.964. The van der Waals surface area contributed by atoms with E-state index in [1.165, 1.54) is 7.11 Å². The number of amides is 2. The normalized spacial score (nSPS) is 31.2. The van der Waals surface area contributed by atoms with E-state index in [9.17, 15) is 14.4 Å². The lowest BCUT2D eigenvalue weighted by Gasteiger charge is -2.22. The summed E-state index contributed by atoms with van der Waals surface area (Å²) in [6, 6.07) is -0.964. The van der Waals surface area contributed by atoms with Gasteiger partial charge in [0.05, 0.1) is 25.5 Å². The van der Waals surface area contributed by atoms with Crippen molar-refractivity contribution in [3.8, 4) is 0 Å². The van der Waals surface area contributed by atoms with Crippen molar-refractivity contribution in [2.45, 2.75) is 19.9 Å². The number of imide groups is 1. The van der Waals surface area contributed by atoms with E-state index in [2.05, 4.69) is 4.74 Å². The van der Waals surface area contributed by atoms with E-state index in [4.69, 9.17) is 5.73 Å². The Morgan fingerprint density at radius 2 is 1.88 bits per heavy atom. The smallest absolute Gasteiger partial charge is 0.324 e. The van der Waals surface area contributed by atoms with E-state index in [0.29, 0.717) is 0 Å². The molecule has 2 aliphatic rings. The first-order valence-electron chi connectivity index (χ1n) is 5.51. The van der Waals surface area contributed by atoms with Gasteiger partial charge in [-0.25, -0.2) is 0 Å². The van der Waals surface area contributed by atoms with Crippen molar-refractivity contribution < 1.29 is 19.1 Å². The summed E-state index contributed by atoms with van der Waals surface area (Å²) in [5, 5.41) is 0. The summed E-state index contributed by atoms with van der Waals surface area (Å²) < 4.78 is 4.46. The molecule has 0 spiro atoms. The topological polar surface area (TPSA) is 89.7 Å². The summed E-state index contributed by atoms with van der Waals surface area (Å²) in [6.07, 6.45) is 0. The van der Waals surface area contributed by atoms with Crippen molar-refractivity contribution in [1.29, 1.82) is 0 Å². The van der Waals surface area contributed by atoms with E-state index >= 15 is 0 Å². The predicted molar refractivity (Wildman–Crippen MR) is 57.5 cm³/mol. The van der Waals surface area contributed by atoms with Gasteiger partial charge in [0.2, 0.25) is 11.8 Å². The lowest BCUT2D eigenvalue weighted by Crippen LogP contribution is -2.47. The van der Waals surface area contributed by atoms with Crippen molar-refractivity contribution >= 4 is 17.8 Å². The van der Waals surface area contributed by atoms with Gasteiger partial charge in [0.1, 0.15) is 6.04 Å². The zero-order chi connectivity index (χ0) is 13.0. The van der Waals surface area contributed by atoms with Crippen LogP contribution in [0.25, 0.3) is 0 Å². The highest BCUT2D eigenvalue weighted by atomic mass is 16.5. The summed E-state index contributed by atoms with van der Waals surface area (Å²) in [5.41, 5.74) is 5.30. The van der Waals surface area contributed by atoms with Gasteiger partial charge in [0.15, 0.2) is 0 Å². The third kappa shape index (κ3) is 1.55. The third-order valence-corrected chi connectivity index (χ3v) is 3.77. The van der Waals surface area contributed by atoms with E-state index in [1.807, 2.05) is 13.8 Å². The number of methoxy groups -OCH3 is 1. The van der Waals surface area contributed by atoms with Crippen LogP contribution in [0.3, 0.4) is 0 Å². The maximum atomic E-state index is 11.9. The van der Waals surface area contributed by atoms with Gasteiger partial charge in [-0.3, -0.25) is 19.3 Å². The fourth-order valence-corrected chi connectivity index (χ4v) is 2.61. The number of hydrogen-bond acceptors (Lipinski definition) is 5. The Bertz CT molecular complexity index is 380. The number of piperidine rings is 1. The molecule has 3 atom stereocenters. The SMILES string of the molecule is COC(=O)C(N)CN1C(=O)C2C(C1=O)C2(C)C. The van der Waals surface area contributed by atoms with Crippen molar-refractivity contribution in [2.75, 3.05) is 13.7 Å².